The smallest absolute Gasteiger partial charge is 0.315 e. The van der Waals surface area contributed by atoms with Crippen molar-refractivity contribution in [2.45, 2.75) is 65.0 Å². The summed E-state index contributed by atoms with van der Waals surface area (Å²) in [5, 5.41) is 0.306. The monoisotopic (exact) mass is 377 g/mol. The molecule has 26 heavy (non-hydrogen) atoms. The summed E-state index contributed by atoms with van der Waals surface area (Å²) >= 11 is 6.10. The molecule has 2 aromatic rings. The Morgan fingerprint density at radius 3 is 2.81 bits per heavy atom. The lowest BCUT2D eigenvalue weighted by Crippen LogP contribution is -2.18. The van der Waals surface area contributed by atoms with Crippen molar-refractivity contribution in [1.29, 1.82) is 0 Å². The van der Waals surface area contributed by atoms with Crippen LogP contribution in [0.3, 0.4) is 0 Å². The summed E-state index contributed by atoms with van der Waals surface area (Å²) in [5.74, 6) is -0.631. The SMILES string of the molecule is CCCCc1cc2n(c1C(=O)c1occc1Cl)CCC2C(=O)OC(C)C. The van der Waals surface area contributed by atoms with Crippen LogP contribution in [0.1, 0.15) is 73.5 Å². The zero-order valence-corrected chi connectivity index (χ0v) is 16.1. The maximum absolute atomic E-state index is 13.1. The van der Waals surface area contributed by atoms with Crippen LogP contribution in [0.15, 0.2) is 22.8 Å². The van der Waals surface area contributed by atoms with Crippen molar-refractivity contribution < 1.29 is 18.7 Å². The van der Waals surface area contributed by atoms with E-state index in [1.807, 2.05) is 24.5 Å². The third-order valence-corrected chi connectivity index (χ3v) is 4.98. The molecule has 1 atom stereocenters. The molecular weight excluding hydrogens is 354 g/mol. The molecule has 0 aromatic carbocycles. The van der Waals surface area contributed by atoms with Crippen LogP contribution in [-0.2, 0) is 22.5 Å². The van der Waals surface area contributed by atoms with Gasteiger partial charge in [0.15, 0.2) is 5.76 Å². The van der Waals surface area contributed by atoms with E-state index in [2.05, 4.69) is 6.92 Å². The lowest BCUT2D eigenvalue weighted by molar-refractivity contribution is -0.149. The molecule has 1 unspecified atom stereocenters. The average Bonchev–Trinajstić information content (AvgIpc) is 3.25. The number of fused-ring (bicyclic) bond motifs is 1. The summed E-state index contributed by atoms with van der Waals surface area (Å²) in [5.41, 5.74) is 2.39. The number of ether oxygens (including phenoxy) is 1. The van der Waals surface area contributed by atoms with Crippen molar-refractivity contribution in [3.8, 4) is 0 Å². The van der Waals surface area contributed by atoms with Crippen molar-refractivity contribution in [3.63, 3.8) is 0 Å². The van der Waals surface area contributed by atoms with E-state index in [-0.39, 0.29) is 29.5 Å². The van der Waals surface area contributed by atoms with Gasteiger partial charge in [0.2, 0.25) is 5.78 Å². The van der Waals surface area contributed by atoms with Crippen LogP contribution in [0.5, 0.6) is 0 Å². The number of halogens is 1. The zero-order chi connectivity index (χ0) is 18.8. The Kier molecular flexibility index (Phi) is 5.56. The van der Waals surface area contributed by atoms with E-state index in [0.29, 0.717) is 23.7 Å². The van der Waals surface area contributed by atoms with Crippen molar-refractivity contribution in [3.05, 3.63) is 46.1 Å². The van der Waals surface area contributed by atoms with E-state index in [9.17, 15) is 9.59 Å². The second-order valence-electron chi connectivity index (χ2n) is 6.95. The van der Waals surface area contributed by atoms with E-state index in [1.54, 1.807) is 6.07 Å². The summed E-state index contributed by atoms with van der Waals surface area (Å²) in [7, 11) is 0. The van der Waals surface area contributed by atoms with Crippen LogP contribution in [0.2, 0.25) is 5.02 Å². The summed E-state index contributed by atoms with van der Waals surface area (Å²) in [4.78, 5) is 25.5. The van der Waals surface area contributed by atoms with Crippen LogP contribution in [-0.4, -0.2) is 22.4 Å². The third-order valence-electron chi connectivity index (χ3n) is 4.68. The van der Waals surface area contributed by atoms with Gasteiger partial charge in [-0.2, -0.15) is 0 Å². The first kappa shape index (κ1) is 18.8. The molecule has 0 amide bonds. The highest BCUT2D eigenvalue weighted by molar-refractivity contribution is 6.34. The predicted octanol–water partition coefficient (Wildman–Crippen LogP) is 4.75. The number of hydrogen-bond acceptors (Lipinski definition) is 4. The van der Waals surface area contributed by atoms with Crippen LogP contribution < -0.4 is 0 Å². The number of furan rings is 1. The Morgan fingerprint density at radius 2 is 2.19 bits per heavy atom. The molecule has 0 spiro atoms. The first-order valence-corrected chi connectivity index (χ1v) is 9.52. The van der Waals surface area contributed by atoms with Gasteiger partial charge in [-0.3, -0.25) is 9.59 Å². The van der Waals surface area contributed by atoms with Gasteiger partial charge in [-0.1, -0.05) is 24.9 Å². The number of rotatable bonds is 7. The fourth-order valence-corrected chi connectivity index (χ4v) is 3.69. The molecule has 3 heterocycles. The van der Waals surface area contributed by atoms with Gasteiger partial charge in [0, 0.05) is 12.2 Å². The molecule has 3 rings (SSSR count). The molecule has 5 nitrogen and oxygen atoms in total. The Labute approximate surface area is 158 Å². The Morgan fingerprint density at radius 1 is 1.42 bits per heavy atom. The molecule has 0 aliphatic carbocycles. The van der Waals surface area contributed by atoms with Crippen LogP contribution >= 0.6 is 11.6 Å². The third kappa shape index (κ3) is 3.45. The van der Waals surface area contributed by atoms with E-state index < -0.39 is 0 Å². The lowest BCUT2D eigenvalue weighted by Gasteiger charge is -2.12. The minimum atomic E-state index is -0.327. The summed E-state index contributed by atoms with van der Waals surface area (Å²) < 4.78 is 12.6. The van der Waals surface area contributed by atoms with E-state index in [1.165, 1.54) is 6.26 Å². The molecule has 0 N–H and O–H groups in total. The number of esters is 1. The Balaban J connectivity index is 2.00. The number of nitrogens with zero attached hydrogens (tertiary/aromatic N) is 1. The molecule has 1 aliphatic heterocycles. The largest absolute Gasteiger partial charge is 0.462 e. The van der Waals surface area contributed by atoms with Gasteiger partial charge in [-0.05, 0) is 50.8 Å². The first-order valence-electron chi connectivity index (χ1n) is 9.14. The fraction of sp³-hybridized carbons (Fsp3) is 0.500. The van der Waals surface area contributed by atoms with E-state index in [4.69, 9.17) is 20.8 Å². The minimum absolute atomic E-state index is 0.151. The maximum atomic E-state index is 13.1. The topological polar surface area (TPSA) is 61.4 Å². The van der Waals surface area contributed by atoms with E-state index >= 15 is 0 Å². The van der Waals surface area contributed by atoms with Crippen molar-refractivity contribution in [2.75, 3.05) is 0 Å². The molecule has 1 aliphatic rings. The number of carbonyl (C=O) groups is 2. The maximum Gasteiger partial charge on any atom is 0.315 e. The fourth-order valence-electron chi connectivity index (χ4n) is 3.51. The standard InChI is InChI=1S/C20H24ClNO4/c1-4-5-6-13-11-16-14(20(24)26-12(2)3)7-9-22(16)17(13)18(23)19-15(21)8-10-25-19/h8,10-12,14H,4-7,9H2,1-3H3. The number of aromatic nitrogens is 1. The van der Waals surface area contributed by atoms with Gasteiger partial charge in [-0.25, -0.2) is 0 Å². The molecular formula is C20H24ClNO4. The minimum Gasteiger partial charge on any atom is -0.462 e. The average molecular weight is 378 g/mol. The molecule has 0 radical (unpaired) electrons. The summed E-state index contributed by atoms with van der Waals surface area (Å²) in [6, 6.07) is 3.55. The number of ketones is 1. The normalized spacial score (nSPS) is 16.1. The second-order valence-corrected chi connectivity index (χ2v) is 7.36. The van der Waals surface area contributed by atoms with Crippen LogP contribution in [0.25, 0.3) is 0 Å². The van der Waals surface area contributed by atoms with Crippen molar-refractivity contribution in [1.82, 2.24) is 4.57 Å². The van der Waals surface area contributed by atoms with Crippen molar-refractivity contribution >= 4 is 23.4 Å². The molecule has 0 bridgehead atoms. The predicted molar refractivity (Wildman–Crippen MR) is 98.8 cm³/mol. The van der Waals surface area contributed by atoms with Crippen LogP contribution in [0, 0.1) is 0 Å². The van der Waals surface area contributed by atoms with Gasteiger partial charge in [-0.15, -0.1) is 0 Å². The van der Waals surface area contributed by atoms with Gasteiger partial charge < -0.3 is 13.7 Å². The molecule has 0 saturated heterocycles. The first-order chi connectivity index (χ1) is 12.4. The number of carbonyl (C=O) groups excluding carboxylic acids is 2. The van der Waals surface area contributed by atoms with E-state index in [0.717, 1.165) is 30.5 Å². The van der Waals surface area contributed by atoms with Gasteiger partial charge >= 0.3 is 5.97 Å². The molecule has 140 valence electrons. The highest BCUT2D eigenvalue weighted by atomic mass is 35.5. The van der Waals surface area contributed by atoms with Gasteiger partial charge in [0.1, 0.15) is 0 Å². The number of unbranched alkanes of at least 4 members (excludes halogenated alkanes) is 1. The summed E-state index contributed by atoms with van der Waals surface area (Å²) in [6.07, 6.45) is 4.67. The molecule has 2 aromatic heterocycles. The summed E-state index contributed by atoms with van der Waals surface area (Å²) in [6.45, 7) is 6.40. The lowest BCUT2D eigenvalue weighted by atomic mass is 10.0. The molecule has 0 saturated carbocycles. The highest BCUT2D eigenvalue weighted by Gasteiger charge is 2.36. The quantitative estimate of drug-likeness (QED) is 0.516. The second kappa shape index (κ2) is 7.70. The molecule has 6 heteroatoms. The van der Waals surface area contributed by atoms with Crippen LogP contribution in [0.4, 0.5) is 0 Å². The Hall–Kier alpha value is -2.01. The van der Waals surface area contributed by atoms with Crippen molar-refractivity contribution in [2.24, 2.45) is 0 Å². The number of aryl methyl sites for hydroxylation is 1. The Bertz CT molecular complexity index is 818. The van der Waals surface area contributed by atoms with Gasteiger partial charge in [0.25, 0.3) is 0 Å². The number of hydrogen-bond donors (Lipinski definition) is 0. The zero-order valence-electron chi connectivity index (χ0n) is 15.4. The molecule has 0 fully saturated rings. The highest BCUT2D eigenvalue weighted by Crippen LogP contribution is 2.36. The van der Waals surface area contributed by atoms with Gasteiger partial charge in [0.05, 0.1) is 29.0 Å².